The van der Waals surface area contributed by atoms with Crippen LogP contribution >= 0.6 is 11.3 Å². The standard InChI is InChI=1S/C25H29FN4O2S/c1-29-9-11-30(12-10-29)8-3-13-32-22-5-2-4-19(14-22)15-24(31)28-25-17-21(18-33-25)20-6-7-27-23(26)16-20/h2,4-7,14,16-18H,3,8-13,15H2,1H3,(H,28,31). The molecule has 0 unspecified atom stereocenters. The van der Waals surface area contributed by atoms with E-state index in [0.29, 0.717) is 6.61 Å². The third kappa shape index (κ3) is 7.08. The van der Waals surface area contributed by atoms with Crippen LogP contribution < -0.4 is 10.1 Å². The fourth-order valence-corrected chi connectivity index (χ4v) is 4.62. The van der Waals surface area contributed by atoms with Gasteiger partial charge >= 0.3 is 0 Å². The number of carbonyl (C=O) groups is 1. The summed E-state index contributed by atoms with van der Waals surface area (Å²) in [5.74, 6) is 0.166. The summed E-state index contributed by atoms with van der Waals surface area (Å²) < 4.78 is 19.3. The molecular formula is C25H29FN4O2S. The average Bonchev–Trinajstić information content (AvgIpc) is 3.26. The molecule has 0 bridgehead atoms. The van der Waals surface area contributed by atoms with Crippen molar-refractivity contribution < 1.29 is 13.9 Å². The molecule has 1 aliphatic rings. The Labute approximate surface area is 198 Å². The van der Waals surface area contributed by atoms with Crippen molar-refractivity contribution in [3.05, 3.63) is 65.6 Å². The van der Waals surface area contributed by atoms with Gasteiger partial charge in [0, 0.05) is 50.4 Å². The third-order valence-electron chi connectivity index (χ3n) is 5.67. The summed E-state index contributed by atoms with van der Waals surface area (Å²) in [6, 6.07) is 12.7. The van der Waals surface area contributed by atoms with Gasteiger partial charge in [-0.2, -0.15) is 4.39 Å². The van der Waals surface area contributed by atoms with Crippen LogP contribution in [-0.4, -0.2) is 67.1 Å². The number of halogens is 1. The van der Waals surface area contributed by atoms with Gasteiger partial charge in [0.2, 0.25) is 11.9 Å². The van der Waals surface area contributed by atoms with Crippen molar-refractivity contribution in [2.24, 2.45) is 0 Å². The molecule has 0 aliphatic carbocycles. The summed E-state index contributed by atoms with van der Waals surface area (Å²) in [5.41, 5.74) is 2.48. The molecule has 174 valence electrons. The Morgan fingerprint density at radius 3 is 2.82 bits per heavy atom. The Kier molecular flexibility index (Phi) is 8.04. The van der Waals surface area contributed by atoms with Crippen molar-refractivity contribution in [1.82, 2.24) is 14.8 Å². The van der Waals surface area contributed by atoms with Crippen LogP contribution in [-0.2, 0) is 11.2 Å². The monoisotopic (exact) mass is 468 g/mol. The summed E-state index contributed by atoms with van der Waals surface area (Å²) in [7, 11) is 2.16. The highest BCUT2D eigenvalue weighted by atomic mass is 32.1. The number of thiophene rings is 1. The van der Waals surface area contributed by atoms with Crippen LogP contribution in [0.15, 0.2) is 54.0 Å². The van der Waals surface area contributed by atoms with Crippen LogP contribution in [0.1, 0.15) is 12.0 Å². The first kappa shape index (κ1) is 23.4. The lowest BCUT2D eigenvalue weighted by Gasteiger charge is -2.32. The number of benzene rings is 1. The Bertz CT molecular complexity index is 1070. The summed E-state index contributed by atoms with van der Waals surface area (Å²) >= 11 is 1.41. The zero-order chi connectivity index (χ0) is 23.0. The van der Waals surface area contributed by atoms with Gasteiger partial charge in [-0.3, -0.25) is 4.79 Å². The number of pyridine rings is 1. The molecular weight excluding hydrogens is 439 g/mol. The molecule has 1 aromatic carbocycles. The van der Waals surface area contributed by atoms with Gasteiger partial charge in [0.25, 0.3) is 0 Å². The fraction of sp³-hybridized carbons (Fsp3) is 0.360. The van der Waals surface area contributed by atoms with Crippen LogP contribution in [0.4, 0.5) is 9.39 Å². The number of hydrogen-bond donors (Lipinski definition) is 1. The first-order valence-corrected chi connectivity index (χ1v) is 12.1. The number of carbonyl (C=O) groups excluding carboxylic acids is 1. The van der Waals surface area contributed by atoms with Gasteiger partial charge in [0.05, 0.1) is 18.0 Å². The molecule has 4 rings (SSSR count). The molecule has 6 nitrogen and oxygen atoms in total. The molecule has 0 atom stereocenters. The molecule has 1 aliphatic heterocycles. The van der Waals surface area contributed by atoms with E-state index in [0.717, 1.165) is 66.6 Å². The quantitative estimate of drug-likeness (QED) is 0.378. The molecule has 3 heterocycles. The second-order valence-electron chi connectivity index (χ2n) is 8.29. The number of aromatic nitrogens is 1. The van der Waals surface area contributed by atoms with Gasteiger partial charge in [-0.15, -0.1) is 11.3 Å². The van der Waals surface area contributed by atoms with E-state index >= 15 is 0 Å². The Hall–Kier alpha value is -2.81. The van der Waals surface area contributed by atoms with Crippen molar-refractivity contribution in [1.29, 1.82) is 0 Å². The van der Waals surface area contributed by atoms with E-state index in [2.05, 4.69) is 27.1 Å². The number of likely N-dealkylation sites (N-methyl/N-ethyl adjacent to an activating group) is 1. The molecule has 1 saturated heterocycles. The average molecular weight is 469 g/mol. The predicted molar refractivity (Wildman–Crippen MR) is 130 cm³/mol. The van der Waals surface area contributed by atoms with Crippen LogP contribution in [0.5, 0.6) is 5.75 Å². The number of rotatable bonds is 9. The minimum atomic E-state index is -0.522. The number of nitrogens with one attached hydrogen (secondary N) is 1. The normalized spacial score (nSPS) is 14.8. The van der Waals surface area contributed by atoms with Crippen LogP contribution in [0.3, 0.4) is 0 Å². The summed E-state index contributed by atoms with van der Waals surface area (Å²) in [6.07, 6.45) is 2.67. The van der Waals surface area contributed by atoms with Crippen molar-refractivity contribution in [3.63, 3.8) is 0 Å². The third-order valence-corrected chi connectivity index (χ3v) is 6.51. The van der Waals surface area contributed by atoms with Crippen molar-refractivity contribution >= 4 is 22.2 Å². The predicted octanol–water partition coefficient (Wildman–Crippen LogP) is 4.15. The maximum atomic E-state index is 13.3. The first-order valence-electron chi connectivity index (χ1n) is 11.2. The highest BCUT2D eigenvalue weighted by molar-refractivity contribution is 7.14. The number of anilines is 1. The second-order valence-corrected chi connectivity index (χ2v) is 9.20. The maximum Gasteiger partial charge on any atom is 0.229 e. The fourth-order valence-electron chi connectivity index (χ4n) is 3.80. The second kappa shape index (κ2) is 11.4. The molecule has 1 fully saturated rings. The van der Waals surface area contributed by atoms with Crippen LogP contribution in [0.25, 0.3) is 11.1 Å². The lowest BCUT2D eigenvalue weighted by Crippen LogP contribution is -2.44. The molecule has 3 aromatic rings. The van der Waals surface area contributed by atoms with Crippen molar-refractivity contribution in [2.75, 3.05) is 51.7 Å². The lowest BCUT2D eigenvalue weighted by molar-refractivity contribution is -0.115. The van der Waals surface area contributed by atoms with Crippen LogP contribution in [0, 0.1) is 5.95 Å². The number of piperazine rings is 1. The van der Waals surface area contributed by atoms with E-state index in [9.17, 15) is 9.18 Å². The van der Waals surface area contributed by atoms with E-state index in [1.54, 1.807) is 6.07 Å². The smallest absolute Gasteiger partial charge is 0.229 e. The van der Waals surface area contributed by atoms with E-state index in [1.165, 1.54) is 23.6 Å². The van der Waals surface area contributed by atoms with Crippen molar-refractivity contribution in [2.45, 2.75) is 12.8 Å². The minimum absolute atomic E-state index is 0.100. The van der Waals surface area contributed by atoms with E-state index < -0.39 is 5.95 Å². The topological polar surface area (TPSA) is 57.7 Å². The Morgan fingerprint density at radius 2 is 2.00 bits per heavy atom. The van der Waals surface area contributed by atoms with Gasteiger partial charge in [-0.25, -0.2) is 4.98 Å². The summed E-state index contributed by atoms with van der Waals surface area (Å²) in [5, 5.41) is 5.54. The number of amides is 1. The summed E-state index contributed by atoms with van der Waals surface area (Å²) in [4.78, 5) is 20.9. The van der Waals surface area contributed by atoms with Gasteiger partial charge in [0.1, 0.15) is 5.75 Å². The molecule has 33 heavy (non-hydrogen) atoms. The molecule has 0 radical (unpaired) electrons. The molecule has 0 spiro atoms. The molecule has 8 heteroatoms. The Balaban J connectivity index is 1.23. The SMILES string of the molecule is CN1CCN(CCCOc2cccc(CC(=O)Nc3cc(-c4ccnc(F)c4)cs3)c2)CC1. The number of nitrogens with zero attached hydrogens (tertiary/aromatic N) is 3. The summed E-state index contributed by atoms with van der Waals surface area (Å²) in [6.45, 7) is 6.19. The van der Waals surface area contributed by atoms with Gasteiger partial charge in [-0.1, -0.05) is 12.1 Å². The zero-order valence-corrected chi connectivity index (χ0v) is 19.6. The van der Waals surface area contributed by atoms with E-state index in [4.69, 9.17) is 4.74 Å². The molecule has 0 saturated carbocycles. The first-order chi connectivity index (χ1) is 16.0. The van der Waals surface area contributed by atoms with Crippen LogP contribution in [0.2, 0.25) is 0 Å². The van der Waals surface area contributed by atoms with Crippen molar-refractivity contribution in [3.8, 4) is 16.9 Å². The van der Waals surface area contributed by atoms with Gasteiger partial charge in [0.15, 0.2) is 0 Å². The molecule has 2 aromatic heterocycles. The highest BCUT2D eigenvalue weighted by Crippen LogP contribution is 2.29. The highest BCUT2D eigenvalue weighted by Gasteiger charge is 2.13. The van der Waals surface area contributed by atoms with Gasteiger partial charge < -0.3 is 19.9 Å². The molecule has 1 N–H and O–H groups in total. The zero-order valence-electron chi connectivity index (χ0n) is 18.8. The van der Waals surface area contributed by atoms with E-state index in [-0.39, 0.29) is 12.3 Å². The molecule has 1 amide bonds. The lowest BCUT2D eigenvalue weighted by atomic mass is 10.1. The van der Waals surface area contributed by atoms with Gasteiger partial charge in [-0.05, 0) is 54.4 Å². The number of hydrogen-bond acceptors (Lipinski definition) is 6. The maximum absolute atomic E-state index is 13.3. The largest absolute Gasteiger partial charge is 0.494 e. The Morgan fingerprint density at radius 1 is 1.15 bits per heavy atom. The minimum Gasteiger partial charge on any atom is -0.494 e. The van der Waals surface area contributed by atoms with E-state index in [1.807, 2.05) is 35.7 Å². The number of ether oxygens (including phenoxy) is 1.